The summed E-state index contributed by atoms with van der Waals surface area (Å²) in [5.41, 5.74) is -2.90. The summed E-state index contributed by atoms with van der Waals surface area (Å²) >= 11 is 0. The lowest BCUT2D eigenvalue weighted by Crippen LogP contribution is -2.85. The summed E-state index contributed by atoms with van der Waals surface area (Å²) in [5, 5.41) is 1.95. The molecule has 3 aliphatic carbocycles. The quantitative estimate of drug-likeness (QED) is 0.0978. The van der Waals surface area contributed by atoms with E-state index in [1.54, 1.807) is 44.6 Å². The lowest BCUT2D eigenvalue weighted by atomic mass is 9.29. The third kappa shape index (κ3) is 6.11. The second kappa shape index (κ2) is 14.7. The van der Waals surface area contributed by atoms with E-state index in [1.807, 2.05) is 50.2 Å². The molecular weight excluding hydrogens is 757 g/mol. The van der Waals surface area contributed by atoms with Crippen molar-refractivity contribution in [1.82, 2.24) is 0 Å². The van der Waals surface area contributed by atoms with Gasteiger partial charge in [-0.05, 0) is 64.1 Å². The maximum absolute atomic E-state index is 15.6. The Kier molecular flexibility index (Phi) is 10.8. The zero-order chi connectivity index (χ0) is 41.2. The van der Waals surface area contributed by atoms with Gasteiger partial charge >= 0.3 is 6.16 Å². The second-order valence-electron chi connectivity index (χ2n) is 18.8. The van der Waals surface area contributed by atoms with Crippen LogP contribution in [0.25, 0.3) is 0 Å². The van der Waals surface area contributed by atoms with Crippen molar-refractivity contribution in [2.75, 3.05) is 26.6 Å². The van der Waals surface area contributed by atoms with Crippen LogP contribution in [0.1, 0.15) is 74.1 Å². The summed E-state index contributed by atoms with van der Waals surface area (Å²) in [5.74, 6) is -2.66. The van der Waals surface area contributed by atoms with Crippen molar-refractivity contribution in [2.24, 2.45) is 39.9 Å². The number of hydrogen-bond donors (Lipinski definition) is 0. The van der Waals surface area contributed by atoms with E-state index in [0.717, 1.165) is 10.4 Å². The number of methoxy groups -OCH3 is 2. The van der Waals surface area contributed by atoms with Crippen LogP contribution in [0.5, 0.6) is 0 Å². The Labute approximate surface area is 340 Å². The highest BCUT2D eigenvalue weighted by Gasteiger charge is 2.86. The molecule has 0 unspecified atom stereocenters. The lowest BCUT2D eigenvalue weighted by Gasteiger charge is -2.77. The van der Waals surface area contributed by atoms with E-state index >= 15 is 4.79 Å². The van der Waals surface area contributed by atoms with Gasteiger partial charge in [0.05, 0.1) is 21.5 Å². The van der Waals surface area contributed by atoms with Gasteiger partial charge in [-0.3, -0.25) is 4.79 Å². The summed E-state index contributed by atoms with van der Waals surface area (Å²) in [6, 6.07) is 29.3. The third-order valence-electron chi connectivity index (χ3n) is 14.7. The summed E-state index contributed by atoms with van der Waals surface area (Å²) in [7, 11) is -3.48. The molecule has 3 aromatic carbocycles. The van der Waals surface area contributed by atoms with Crippen LogP contribution in [-0.2, 0) is 38.0 Å². The van der Waals surface area contributed by atoms with E-state index in [9.17, 15) is 13.2 Å². The molecule has 7 atom stereocenters. The molecule has 0 N–H and O–H groups in total. The molecule has 0 aromatic heterocycles. The molecule has 2 bridgehead atoms. The summed E-state index contributed by atoms with van der Waals surface area (Å²) in [4.78, 5) is 29.6. The number of rotatable bonds is 13. The number of hydrogen-bond acceptors (Lipinski definition) is 9. The number of sulfone groups is 1. The van der Waals surface area contributed by atoms with Gasteiger partial charge < -0.3 is 23.4 Å². The Morgan fingerprint density at radius 2 is 1.37 bits per heavy atom. The molecule has 1 saturated heterocycles. The Morgan fingerprint density at radius 1 is 0.825 bits per heavy atom. The highest BCUT2D eigenvalue weighted by Crippen LogP contribution is 2.78. The fourth-order valence-corrected chi connectivity index (χ4v) is 18.1. The number of carbonyl (C=O) groups excluding carboxylic acids is 2. The van der Waals surface area contributed by atoms with Gasteiger partial charge in [0.25, 0.3) is 8.32 Å². The first-order chi connectivity index (χ1) is 26.9. The molecule has 9 nitrogen and oxygen atoms in total. The molecule has 3 saturated carbocycles. The molecular formula is C46H60O9SSi. The fourth-order valence-electron chi connectivity index (χ4n) is 12.2. The van der Waals surface area contributed by atoms with Crippen molar-refractivity contribution in [3.63, 3.8) is 0 Å². The van der Waals surface area contributed by atoms with E-state index in [1.165, 1.54) is 0 Å². The standard InChI is InChI=1S/C46H60O9SSi/c1-31(2)39-46-37-36(30-45(37,51-8)52-9)38(47)44(40(46)55-41(48)54-39,29-32(43(46,6)7)25-28-56(49,50)33-19-13-10-14-20-33)26-27-53-57(42(3,4)5,34-21-15-11-16-22-34)35-23-17-12-18-24-35/h10-24,31-32,36-37,39-40H,25-30H2,1-9H3/t32-,36-,37-,39-,40+,44+,46+/m1/s1. The van der Waals surface area contributed by atoms with Crippen LogP contribution in [-0.4, -0.2) is 73.2 Å². The van der Waals surface area contributed by atoms with Gasteiger partial charge in [0.1, 0.15) is 18.0 Å². The first-order valence-electron chi connectivity index (χ1n) is 20.4. The molecule has 1 aliphatic heterocycles. The maximum Gasteiger partial charge on any atom is 0.508 e. The van der Waals surface area contributed by atoms with Gasteiger partial charge in [-0.1, -0.05) is 127 Å². The van der Waals surface area contributed by atoms with Gasteiger partial charge in [0, 0.05) is 39.1 Å². The molecule has 7 rings (SSSR count). The van der Waals surface area contributed by atoms with Gasteiger partial charge in [-0.2, -0.15) is 0 Å². The number of cyclic esters (lactones) is 1. The van der Waals surface area contributed by atoms with Crippen molar-refractivity contribution in [1.29, 1.82) is 0 Å². The van der Waals surface area contributed by atoms with Gasteiger partial charge in [-0.25, -0.2) is 13.2 Å². The number of fused-ring (bicyclic) bond motifs is 1. The van der Waals surface area contributed by atoms with E-state index < -0.39 is 70.4 Å². The number of benzene rings is 3. The van der Waals surface area contributed by atoms with E-state index in [2.05, 4.69) is 58.9 Å². The summed E-state index contributed by atoms with van der Waals surface area (Å²) < 4.78 is 60.6. The Balaban J connectivity index is 1.39. The van der Waals surface area contributed by atoms with Crippen molar-refractivity contribution in [3.8, 4) is 0 Å². The van der Waals surface area contributed by atoms with Crippen LogP contribution >= 0.6 is 0 Å². The zero-order valence-electron chi connectivity index (χ0n) is 34.9. The minimum absolute atomic E-state index is 0.00696. The summed E-state index contributed by atoms with van der Waals surface area (Å²) in [6.45, 7) is 15.3. The largest absolute Gasteiger partial charge is 0.508 e. The van der Waals surface area contributed by atoms with E-state index in [4.69, 9.17) is 23.4 Å². The highest BCUT2D eigenvalue weighted by atomic mass is 32.2. The minimum atomic E-state index is -3.66. The molecule has 4 aliphatic rings. The smallest absolute Gasteiger partial charge is 0.430 e. The first kappa shape index (κ1) is 41.8. The molecule has 0 spiro atoms. The number of ketones is 1. The van der Waals surface area contributed by atoms with Crippen LogP contribution in [0, 0.1) is 39.9 Å². The normalized spacial score (nSPS) is 30.4. The SMILES string of the molecule is COC1(OC)C[C@H]2C(=O)[C@]3(CCO[Si](c4ccccc4)(c4ccccc4)C(C)(C)C)C[C@@H](CCS(=O)(=O)c4ccccc4)C(C)(C)[C@]4([C@@H](C(C)C)OC(=O)O[C@@H]34)[C@H]21. The zero-order valence-corrected chi connectivity index (χ0v) is 36.8. The molecule has 3 aromatic rings. The Morgan fingerprint density at radius 3 is 1.88 bits per heavy atom. The van der Waals surface area contributed by atoms with Gasteiger partial charge in [0.15, 0.2) is 15.6 Å². The van der Waals surface area contributed by atoms with Gasteiger partial charge in [-0.15, -0.1) is 0 Å². The monoisotopic (exact) mass is 816 g/mol. The highest BCUT2D eigenvalue weighted by molar-refractivity contribution is 7.91. The molecule has 0 radical (unpaired) electrons. The molecule has 308 valence electrons. The van der Waals surface area contributed by atoms with Gasteiger partial charge in [0.2, 0.25) is 0 Å². The molecule has 57 heavy (non-hydrogen) atoms. The first-order valence-corrected chi connectivity index (χ1v) is 24.0. The van der Waals surface area contributed by atoms with Crippen LogP contribution in [0.2, 0.25) is 5.04 Å². The van der Waals surface area contributed by atoms with Crippen molar-refractivity contribution in [2.45, 2.75) is 102 Å². The lowest BCUT2D eigenvalue weighted by molar-refractivity contribution is -0.409. The number of ether oxygens (including phenoxy) is 4. The van der Waals surface area contributed by atoms with Crippen LogP contribution < -0.4 is 10.4 Å². The average Bonchev–Trinajstić information content (AvgIpc) is 3.17. The van der Waals surface area contributed by atoms with Crippen molar-refractivity contribution >= 4 is 40.5 Å². The maximum atomic E-state index is 15.6. The van der Waals surface area contributed by atoms with Crippen molar-refractivity contribution < 1.29 is 41.4 Å². The number of carbonyl (C=O) groups is 2. The predicted molar refractivity (Wildman–Crippen MR) is 221 cm³/mol. The van der Waals surface area contributed by atoms with Crippen molar-refractivity contribution in [3.05, 3.63) is 91.0 Å². The molecule has 4 fully saturated rings. The van der Waals surface area contributed by atoms with Crippen LogP contribution in [0.4, 0.5) is 4.79 Å². The molecule has 0 amide bonds. The van der Waals surface area contributed by atoms with E-state index in [-0.39, 0.29) is 46.3 Å². The predicted octanol–water partition coefficient (Wildman–Crippen LogP) is 7.60. The number of Topliss-reactive ketones (excluding diaryl/α,β-unsaturated/α-hetero) is 1. The second-order valence-corrected chi connectivity index (χ2v) is 25.2. The molecule has 1 heterocycles. The fraction of sp³-hybridized carbons (Fsp3) is 0.565. The van der Waals surface area contributed by atoms with E-state index in [0.29, 0.717) is 19.3 Å². The minimum Gasteiger partial charge on any atom is -0.430 e. The third-order valence-corrected chi connectivity index (χ3v) is 21.5. The average molecular weight is 817 g/mol. The Bertz CT molecular complexity index is 2010. The van der Waals surface area contributed by atoms with Crippen LogP contribution in [0.15, 0.2) is 95.9 Å². The topological polar surface area (TPSA) is 114 Å². The van der Waals surface area contributed by atoms with Crippen LogP contribution in [0.3, 0.4) is 0 Å². The Hall–Kier alpha value is -3.35. The molecule has 11 heteroatoms. The summed E-state index contributed by atoms with van der Waals surface area (Å²) in [6.07, 6.45) is -1.07.